The molecule has 5 heteroatoms. The van der Waals surface area contributed by atoms with E-state index in [-0.39, 0.29) is 0 Å². The van der Waals surface area contributed by atoms with Crippen molar-refractivity contribution in [1.29, 1.82) is 0 Å². The SMILES string of the molecule is CCNc1cc(N(CC)Cc2ccco2)nc(C)n1. The number of furan rings is 1. The molecule has 5 nitrogen and oxygen atoms in total. The van der Waals surface area contributed by atoms with E-state index in [9.17, 15) is 0 Å². The molecule has 2 rings (SSSR count). The molecule has 0 bridgehead atoms. The first-order valence-corrected chi connectivity index (χ1v) is 6.59. The van der Waals surface area contributed by atoms with E-state index in [4.69, 9.17) is 4.42 Å². The summed E-state index contributed by atoms with van der Waals surface area (Å²) in [5.41, 5.74) is 0. The topological polar surface area (TPSA) is 54.2 Å². The fraction of sp³-hybridized carbons (Fsp3) is 0.429. The van der Waals surface area contributed by atoms with E-state index < -0.39 is 0 Å². The maximum absolute atomic E-state index is 5.39. The Labute approximate surface area is 113 Å². The van der Waals surface area contributed by atoms with Gasteiger partial charge < -0.3 is 14.6 Å². The third-order valence-electron chi connectivity index (χ3n) is 2.81. The Morgan fingerprint density at radius 1 is 1.32 bits per heavy atom. The Kier molecular flexibility index (Phi) is 4.39. The van der Waals surface area contributed by atoms with E-state index in [0.717, 1.165) is 36.3 Å². The number of hydrogen-bond acceptors (Lipinski definition) is 5. The van der Waals surface area contributed by atoms with E-state index in [1.807, 2.05) is 25.1 Å². The van der Waals surface area contributed by atoms with Crippen LogP contribution in [0.1, 0.15) is 25.4 Å². The van der Waals surface area contributed by atoms with E-state index >= 15 is 0 Å². The van der Waals surface area contributed by atoms with E-state index in [2.05, 4.69) is 34.0 Å². The normalized spacial score (nSPS) is 10.5. The summed E-state index contributed by atoms with van der Waals surface area (Å²) in [5, 5.41) is 3.23. The highest BCUT2D eigenvalue weighted by Crippen LogP contribution is 2.18. The van der Waals surface area contributed by atoms with Gasteiger partial charge >= 0.3 is 0 Å². The van der Waals surface area contributed by atoms with Crippen molar-refractivity contribution in [2.75, 3.05) is 23.3 Å². The molecule has 2 aromatic heterocycles. The Bertz CT molecular complexity index is 510. The zero-order valence-electron chi connectivity index (χ0n) is 11.7. The van der Waals surface area contributed by atoms with Gasteiger partial charge in [0.15, 0.2) is 0 Å². The second kappa shape index (κ2) is 6.22. The van der Waals surface area contributed by atoms with Crippen LogP contribution >= 0.6 is 0 Å². The van der Waals surface area contributed by atoms with Crippen LogP contribution in [0.15, 0.2) is 28.9 Å². The largest absolute Gasteiger partial charge is 0.467 e. The van der Waals surface area contributed by atoms with Crippen LogP contribution in [0.25, 0.3) is 0 Å². The lowest BCUT2D eigenvalue weighted by atomic mass is 10.3. The fourth-order valence-corrected chi connectivity index (χ4v) is 1.93. The second-order valence-electron chi connectivity index (χ2n) is 4.28. The quantitative estimate of drug-likeness (QED) is 0.865. The molecule has 0 saturated carbocycles. The number of rotatable bonds is 6. The van der Waals surface area contributed by atoms with E-state index in [1.165, 1.54) is 0 Å². The van der Waals surface area contributed by atoms with Crippen molar-refractivity contribution in [2.24, 2.45) is 0 Å². The monoisotopic (exact) mass is 260 g/mol. The molecule has 0 saturated heterocycles. The van der Waals surface area contributed by atoms with Crippen molar-refractivity contribution in [3.05, 3.63) is 36.0 Å². The van der Waals surface area contributed by atoms with Gasteiger partial charge in [0, 0.05) is 19.2 Å². The number of aromatic nitrogens is 2. The molecule has 2 aromatic rings. The molecule has 102 valence electrons. The second-order valence-corrected chi connectivity index (χ2v) is 4.28. The molecule has 0 fully saturated rings. The minimum atomic E-state index is 0.714. The van der Waals surface area contributed by atoms with Crippen LogP contribution in [0.3, 0.4) is 0 Å². The first-order valence-electron chi connectivity index (χ1n) is 6.59. The zero-order chi connectivity index (χ0) is 13.7. The first-order chi connectivity index (χ1) is 9.22. The Morgan fingerprint density at radius 2 is 2.16 bits per heavy atom. The Balaban J connectivity index is 2.21. The number of nitrogens with zero attached hydrogens (tertiary/aromatic N) is 3. The summed E-state index contributed by atoms with van der Waals surface area (Å²) in [6, 6.07) is 5.85. The average molecular weight is 260 g/mol. The van der Waals surface area contributed by atoms with Crippen molar-refractivity contribution in [2.45, 2.75) is 27.3 Å². The van der Waals surface area contributed by atoms with Gasteiger partial charge in [0.1, 0.15) is 23.2 Å². The van der Waals surface area contributed by atoms with Crippen molar-refractivity contribution in [3.63, 3.8) is 0 Å². The summed E-state index contributed by atoms with van der Waals surface area (Å²) in [5.74, 6) is 3.49. The van der Waals surface area contributed by atoms with Crippen LogP contribution in [-0.2, 0) is 6.54 Å². The zero-order valence-corrected chi connectivity index (χ0v) is 11.7. The van der Waals surface area contributed by atoms with Gasteiger partial charge in [0.2, 0.25) is 0 Å². The lowest BCUT2D eigenvalue weighted by molar-refractivity contribution is 0.502. The molecule has 0 aromatic carbocycles. The van der Waals surface area contributed by atoms with Crippen molar-refractivity contribution < 1.29 is 4.42 Å². The third kappa shape index (κ3) is 3.47. The standard InChI is InChI=1S/C14H20N4O/c1-4-15-13-9-14(17-11(3)16-13)18(5-2)10-12-7-6-8-19-12/h6-9H,4-5,10H2,1-3H3,(H,15,16,17). The van der Waals surface area contributed by atoms with Crippen LogP contribution in [0.2, 0.25) is 0 Å². The van der Waals surface area contributed by atoms with Crippen LogP contribution < -0.4 is 10.2 Å². The van der Waals surface area contributed by atoms with Crippen molar-refractivity contribution >= 4 is 11.6 Å². The van der Waals surface area contributed by atoms with E-state index in [0.29, 0.717) is 6.54 Å². The van der Waals surface area contributed by atoms with Crippen LogP contribution in [0.5, 0.6) is 0 Å². The Morgan fingerprint density at radius 3 is 2.79 bits per heavy atom. The minimum absolute atomic E-state index is 0.714. The molecule has 0 unspecified atom stereocenters. The van der Waals surface area contributed by atoms with Gasteiger partial charge in [-0.25, -0.2) is 9.97 Å². The molecular weight excluding hydrogens is 240 g/mol. The maximum Gasteiger partial charge on any atom is 0.134 e. The molecule has 0 aliphatic heterocycles. The van der Waals surface area contributed by atoms with Crippen molar-refractivity contribution in [3.8, 4) is 0 Å². The van der Waals surface area contributed by atoms with Gasteiger partial charge in [-0.15, -0.1) is 0 Å². The summed E-state index contributed by atoms with van der Waals surface area (Å²) in [6.45, 7) is 8.49. The molecule has 1 N–H and O–H groups in total. The summed E-state index contributed by atoms with van der Waals surface area (Å²) in [4.78, 5) is 11.0. The highest BCUT2D eigenvalue weighted by Gasteiger charge is 2.10. The van der Waals surface area contributed by atoms with Gasteiger partial charge in [0.25, 0.3) is 0 Å². The molecule has 0 aliphatic carbocycles. The summed E-state index contributed by atoms with van der Waals surface area (Å²) in [6.07, 6.45) is 1.69. The molecule has 19 heavy (non-hydrogen) atoms. The van der Waals surface area contributed by atoms with Crippen molar-refractivity contribution in [1.82, 2.24) is 9.97 Å². The number of anilines is 2. The van der Waals surface area contributed by atoms with Gasteiger partial charge in [-0.05, 0) is 32.9 Å². The van der Waals surface area contributed by atoms with Gasteiger partial charge in [0.05, 0.1) is 12.8 Å². The lowest BCUT2D eigenvalue weighted by Crippen LogP contribution is -2.23. The summed E-state index contributed by atoms with van der Waals surface area (Å²) in [7, 11) is 0. The molecule has 0 spiro atoms. The third-order valence-corrected chi connectivity index (χ3v) is 2.81. The summed E-state index contributed by atoms with van der Waals surface area (Å²) >= 11 is 0. The molecule has 0 atom stereocenters. The number of nitrogens with one attached hydrogen (secondary N) is 1. The van der Waals surface area contributed by atoms with Crippen LogP contribution in [0.4, 0.5) is 11.6 Å². The Hall–Kier alpha value is -2.04. The fourth-order valence-electron chi connectivity index (χ4n) is 1.93. The molecule has 0 aliphatic rings. The number of aryl methyl sites for hydroxylation is 1. The van der Waals surface area contributed by atoms with Gasteiger partial charge in [-0.1, -0.05) is 0 Å². The van der Waals surface area contributed by atoms with Crippen LogP contribution in [0, 0.1) is 6.92 Å². The highest BCUT2D eigenvalue weighted by atomic mass is 16.3. The highest BCUT2D eigenvalue weighted by molar-refractivity contribution is 5.49. The smallest absolute Gasteiger partial charge is 0.134 e. The minimum Gasteiger partial charge on any atom is -0.467 e. The first kappa shape index (κ1) is 13.4. The van der Waals surface area contributed by atoms with Gasteiger partial charge in [-0.3, -0.25) is 0 Å². The molecule has 2 heterocycles. The molecule has 0 amide bonds. The van der Waals surface area contributed by atoms with Crippen LogP contribution in [-0.4, -0.2) is 23.1 Å². The molecular formula is C14H20N4O. The summed E-state index contributed by atoms with van der Waals surface area (Å²) < 4.78 is 5.39. The predicted molar refractivity (Wildman–Crippen MR) is 76.4 cm³/mol. The number of hydrogen-bond donors (Lipinski definition) is 1. The van der Waals surface area contributed by atoms with Gasteiger partial charge in [-0.2, -0.15) is 0 Å². The lowest BCUT2D eigenvalue weighted by Gasteiger charge is -2.21. The maximum atomic E-state index is 5.39. The predicted octanol–water partition coefficient (Wildman–Crippen LogP) is 2.84. The molecule has 0 radical (unpaired) electrons. The van der Waals surface area contributed by atoms with E-state index in [1.54, 1.807) is 6.26 Å². The average Bonchev–Trinajstić information content (AvgIpc) is 2.88.